The number of alkyl halides is 2. The highest BCUT2D eigenvalue weighted by Gasteiger charge is 2.29. The molecule has 3 nitrogen and oxygen atoms in total. The third-order valence-electron chi connectivity index (χ3n) is 3.11. The molecule has 0 rings (SSSR count). The first-order valence-corrected chi connectivity index (χ1v) is 15.0. The van der Waals surface area contributed by atoms with Crippen molar-refractivity contribution in [1.29, 1.82) is 0 Å². The molecule has 0 atom stereocenters. The first-order valence-electron chi connectivity index (χ1n) is 8.34. The molecular formula is C15H36Cl2O3Si2. The van der Waals surface area contributed by atoms with Crippen molar-refractivity contribution < 1.29 is 13.3 Å². The van der Waals surface area contributed by atoms with Gasteiger partial charge in [-0.2, -0.15) is 0 Å². The number of halogens is 2. The van der Waals surface area contributed by atoms with Gasteiger partial charge in [-0.25, -0.2) is 0 Å². The van der Waals surface area contributed by atoms with Gasteiger partial charge in [-0.05, 0) is 65.3 Å². The van der Waals surface area contributed by atoms with Crippen LogP contribution in [-0.2, 0) is 13.3 Å². The van der Waals surface area contributed by atoms with Gasteiger partial charge in [0.25, 0.3) is 0 Å². The lowest BCUT2D eigenvalue weighted by Crippen LogP contribution is -2.38. The summed E-state index contributed by atoms with van der Waals surface area (Å²) in [6.07, 6.45) is 2.09. The molecular weight excluding hydrogens is 355 g/mol. The van der Waals surface area contributed by atoms with Crippen molar-refractivity contribution in [3.63, 3.8) is 0 Å². The van der Waals surface area contributed by atoms with E-state index in [9.17, 15) is 0 Å². The summed E-state index contributed by atoms with van der Waals surface area (Å²) in [7, 11) is -3.16. The Labute approximate surface area is 150 Å². The van der Waals surface area contributed by atoms with Crippen molar-refractivity contribution in [1.82, 2.24) is 0 Å². The molecule has 0 saturated carbocycles. The second-order valence-electron chi connectivity index (χ2n) is 5.78. The highest BCUT2D eigenvalue weighted by Crippen LogP contribution is 2.16. The van der Waals surface area contributed by atoms with Gasteiger partial charge in [-0.15, -0.1) is 23.2 Å². The zero-order valence-electron chi connectivity index (χ0n) is 15.3. The molecule has 136 valence electrons. The minimum absolute atomic E-state index is 0.697. The Hall–Kier alpha value is 0.894. The van der Waals surface area contributed by atoms with Crippen molar-refractivity contribution in [3.8, 4) is 0 Å². The van der Waals surface area contributed by atoms with E-state index in [0.717, 1.165) is 44.6 Å². The summed E-state index contributed by atoms with van der Waals surface area (Å²) in [5.74, 6) is 1.46. The van der Waals surface area contributed by atoms with Crippen LogP contribution in [0.2, 0.25) is 31.7 Å². The Bertz CT molecular complexity index is 239. The Balaban J connectivity index is 0. The van der Waals surface area contributed by atoms with Gasteiger partial charge in [0.05, 0.1) is 0 Å². The van der Waals surface area contributed by atoms with Crippen LogP contribution in [0.4, 0.5) is 0 Å². The monoisotopic (exact) mass is 390 g/mol. The molecule has 0 heterocycles. The Morgan fingerprint density at radius 3 is 1.45 bits per heavy atom. The SMILES string of the molecule is CCO[Si](C)(C)CCCCl.CCO[Si](C)(CCCCl)OCC. The summed E-state index contributed by atoms with van der Waals surface area (Å²) in [5, 5.41) is 0. The Morgan fingerprint density at radius 1 is 0.682 bits per heavy atom. The minimum Gasteiger partial charge on any atom is -0.418 e. The molecule has 0 N–H and O–H groups in total. The fourth-order valence-corrected chi connectivity index (χ4v) is 7.22. The summed E-state index contributed by atoms with van der Waals surface area (Å²) in [6.45, 7) is 15.0. The maximum absolute atomic E-state index is 5.63. The average molecular weight is 392 g/mol. The van der Waals surface area contributed by atoms with Crippen molar-refractivity contribution in [3.05, 3.63) is 0 Å². The third-order valence-corrected chi connectivity index (χ3v) is 9.33. The quantitative estimate of drug-likeness (QED) is 0.319. The molecule has 0 unspecified atom stereocenters. The van der Waals surface area contributed by atoms with Crippen LogP contribution in [0.5, 0.6) is 0 Å². The van der Waals surface area contributed by atoms with Crippen LogP contribution in [0.15, 0.2) is 0 Å². The third kappa shape index (κ3) is 15.8. The molecule has 0 aliphatic heterocycles. The topological polar surface area (TPSA) is 27.7 Å². The summed E-state index contributed by atoms with van der Waals surface area (Å²) in [4.78, 5) is 0. The number of hydrogen-bond acceptors (Lipinski definition) is 3. The zero-order valence-corrected chi connectivity index (χ0v) is 18.9. The normalized spacial score (nSPS) is 12.0. The first kappa shape index (κ1) is 25.1. The van der Waals surface area contributed by atoms with Crippen molar-refractivity contribution in [2.75, 3.05) is 31.6 Å². The van der Waals surface area contributed by atoms with Gasteiger partial charge in [0.1, 0.15) is 0 Å². The zero-order chi connectivity index (χ0) is 17.5. The van der Waals surface area contributed by atoms with E-state index in [1.54, 1.807) is 0 Å². The van der Waals surface area contributed by atoms with Crippen LogP contribution >= 0.6 is 23.2 Å². The van der Waals surface area contributed by atoms with Crippen LogP contribution in [0.25, 0.3) is 0 Å². The van der Waals surface area contributed by atoms with E-state index in [1.807, 2.05) is 13.8 Å². The van der Waals surface area contributed by atoms with Crippen LogP contribution < -0.4 is 0 Å². The Morgan fingerprint density at radius 2 is 1.09 bits per heavy atom. The second kappa shape index (κ2) is 15.4. The predicted octanol–water partition coefficient (Wildman–Crippen LogP) is 5.62. The molecule has 0 bridgehead atoms. The van der Waals surface area contributed by atoms with Crippen LogP contribution in [-0.4, -0.2) is 48.5 Å². The second-order valence-corrected chi connectivity index (χ2v) is 14.2. The van der Waals surface area contributed by atoms with Crippen molar-refractivity contribution >= 4 is 40.1 Å². The van der Waals surface area contributed by atoms with E-state index in [4.69, 9.17) is 36.5 Å². The first-order chi connectivity index (χ1) is 10.3. The number of rotatable bonds is 12. The largest absolute Gasteiger partial charge is 0.418 e. The van der Waals surface area contributed by atoms with E-state index in [1.165, 1.54) is 6.04 Å². The minimum atomic E-state index is -1.85. The summed E-state index contributed by atoms with van der Waals surface area (Å²) in [6, 6.07) is 2.18. The van der Waals surface area contributed by atoms with E-state index in [-0.39, 0.29) is 0 Å². The standard InChI is InChI=1S/C8H19ClO2Si.C7H17ClOSi/c1-4-10-12(3,11-5-2)8-6-7-9;1-4-9-10(2,3)7-5-6-8/h4-8H2,1-3H3;4-7H2,1-3H3. The number of hydrogen-bond donors (Lipinski definition) is 0. The maximum Gasteiger partial charge on any atom is 0.334 e. The molecule has 0 aromatic heterocycles. The fourth-order valence-electron chi connectivity index (χ4n) is 2.14. The van der Waals surface area contributed by atoms with E-state index in [0.29, 0.717) is 5.88 Å². The molecule has 0 fully saturated rings. The van der Waals surface area contributed by atoms with Gasteiger partial charge in [-0.1, -0.05) is 0 Å². The summed E-state index contributed by atoms with van der Waals surface area (Å²) < 4.78 is 16.9. The van der Waals surface area contributed by atoms with Crippen LogP contribution in [0.1, 0.15) is 33.6 Å². The van der Waals surface area contributed by atoms with Gasteiger partial charge >= 0.3 is 8.56 Å². The molecule has 0 saturated heterocycles. The van der Waals surface area contributed by atoms with E-state index < -0.39 is 16.9 Å². The van der Waals surface area contributed by atoms with Gasteiger partial charge < -0.3 is 13.3 Å². The van der Waals surface area contributed by atoms with Gasteiger partial charge in [-0.3, -0.25) is 0 Å². The molecule has 0 aromatic rings. The summed E-state index contributed by atoms with van der Waals surface area (Å²) in [5.41, 5.74) is 0. The lowest BCUT2D eigenvalue weighted by atomic mass is 10.6. The lowest BCUT2D eigenvalue weighted by molar-refractivity contribution is 0.189. The average Bonchev–Trinajstić information content (AvgIpc) is 2.44. The van der Waals surface area contributed by atoms with Crippen molar-refractivity contribution in [2.24, 2.45) is 0 Å². The highest BCUT2D eigenvalue weighted by molar-refractivity contribution is 6.71. The summed E-state index contributed by atoms with van der Waals surface area (Å²) >= 11 is 11.2. The molecule has 22 heavy (non-hydrogen) atoms. The smallest absolute Gasteiger partial charge is 0.334 e. The lowest BCUT2D eigenvalue weighted by Gasteiger charge is -2.25. The van der Waals surface area contributed by atoms with E-state index in [2.05, 4.69) is 26.6 Å². The molecule has 0 aliphatic rings. The van der Waals surface area contributed by atoms with Crippen molar-refractivity contribution in [2.45, 2.75) is 65.3 Å². The predicted molar refractivity (Wildman–Crippen MR) is 104 cm³/mol. The molecule has 0 amide bonds. The molecule has 0 radical (unpaired) electrons. The van der Waals surface area contributed by atoms with Gasteiger partial charge in [0.15, 0.2) is 8.32 Å². The Kier molecular flexibility index (Phi) is 17.6. The van der Waals surface area contributed by atoms with E-state index >= 15 is 0 Å². The highest BCUT2D eigenvalue weighted by atomic mass is 35.5. The molecule has 0 spiro atoms. The molecule has 0 aromatic carbocycles. The molecule has 0 aliphatic carbocycles. The maximum atomic E-state index is 5.63. The van der Waals surface area contributed by atoms with Crippen LogP contribution in [0, 0.1) is 0 Å². The van der Waals surface area contributed by atoms with Crippen LogP contribution in [0.3, 0.4) is 0 Å². The molecule has 7 heteroatoms. The fraction of sp³-hybridized carbons (Fsp3) is 1.00. The van der Waals surface area contributed by atoms with Gasteiger partial charge in [0, 0.05) is 31.6 Å². The van der Waals surface area contributed by atoms with Gasteiger partial charge in [0.2, 0.25) is 0 Å².